The van der Waals surface area contributed by atoms with Gasteiger partial charge in [0, 0.05) is 21.7 Å². The van der Waals surface area contributed by atoms with Crippen LogP contribution in [0.2, 0.25) is 0 Å². The lowest BCUT2D eigenvalue weighted by atomic mass is 10.1. The van der Waals surface area contributed by atoms with E-state index in [1.165, 1.54) is 10.5 Å². The molecule has 0 N–H and O–H groups in total. The molecule has 2 aromatic heterocycles. The third-order valence-electron chi connectivity index (χ3n) is 3.49. The van der Waals surface area contributed by atoms with Gasteiger partial charge in [-0.05, 0) is 58.0 Å². The van der Waals surface area contributed by atoms with Crippen molar-refractivity contribution < 1.29 is 9.18 Å². The van der Waals surface area contributed by atoms with Gasteiger partial charge >= 0.3 is 0 Å². The summed E-state index contributed by atoms with van der Waals surface area (Å²) in [7, 11) is 0. The van der Waals surface area contributed by atoms with Crippen molar-refractivity contribution in [3.05, 3.63) is 85.1 Å². The van der Waals surface area contributed by atoms with Crippen LogP contribution in [0, 0.1) is 9.39 Å². The van der Waals surface area contributed by atoms with E-state index in [0.29, 0.717) is 27.4 Å². The second-order valence-corrected chi connectivity index (χ2v) is 6.10. The number of halogens is 2. The number of carbonyl (C=O) groups is 1. The zero-order valence-corrected chi connectivity index (χ0v) is 13.6. The SMILES string of the molecule is O=Cc1ccc2ccc(Cc3cccc(I)c3F)cn2c1=O. The van der Waals surface area contributed by atoms with Crippen molar-refractivity contribution in [1.29, 1.82) is 0 Å². The van der Waals surface area contributed by atoms with Crippen LogP contribution >= 0.6 is 22.6 Å². The number of aldehydes is 1. The number of fused-ring (bicyclic) bond motifs is 1. The molecule has 0 saturated heterocycles. The highest BCUT2D eigenvalue weighted by atomic mass is 127. The molecule has 0 aliphatic heterocycles. The van der Waals surface area contributed by atoms with Crippen LogP contribution in [0.25, 0.3) is 5.52 Å². The normalized spacial score (nSPS) is 10.8. The van der Waals surface area contributed by atoms with Gasteiger partial charge in [0.2, 0.25) is 0 Å². The average Bonchev–Trinajstić information content (AvgIpc) is 2.53. The van der Waals surface area contributed by atoms with Crippen molar-refractivity contribution in [2.24, 2.45) is 0 Å². The van der Waals surface area contributed by atoms with Gasteiger partial charge in [-0.15, -0.1) is 0 Å². The number of hydrogen-bond acceptors (Lipinski definition) is 2. The first-order valence-electron chi connectivity index (χ1n) is 6.62. The highest BCUT2D eigenvalue weighted by molar-refractivity contribution is 14.1. The Labute approximate surface area is 139 Å². The third kappa shape index (κ3) is 2.68. The molecule has 0 spiro atoms. The quantitative estimate of drug-likeness (QED) is 0.493. The highest BCUT2D eigenvalue weighted by Crippen LogP contribution is 2.18. The van der Waals surface area contributed by atoms with Gasteiger partial charge in [0.15, 0.2) is 6.29 Å². The van der Waals surface area contributed by atoms with Gasteiger partial charge in [-0.2, -0.15) is 0 Å². The summed E-state index contributed by atoms with van der Waals surface area (Å²) in [6.45, 7) is 0. The molecule has 0 atom stereocenters. The molecule has 0 unspecified atom stereocenters. The Bertz CT molecular complexity index is 934. The van der Waals surface area contributed by atoms with Crippen LogP contribution in [0.1, 0.15) is 21.5 Å². The molecule has 0 aliphatic carbocycles. The van der Waals surface area contributed by atoms with Gasteiger partial charge in [0.25, 0.3) is 5.56 Å². The fourth-order valence-electron chi connectivity index (χ4n) is 2.35. The van der Waals surface area contributed by atoms with Crippen molar-refractivity contribution in [1.82, 2.24) is 4.40 Å². The van der Waals surface area contributed by atoms with Gasteiger partial charge in [-0.3, -0.25) is 14.0 Å². The van der Waals surface area contributed by atoms with E-state index in [0.717, 1.165) is 5.56 Å². The van der Waals surface area contributed by atoms with E-state index in [-0.39, 0.29) is 16.9 Å². The summed E-state index contributed by atoms with van der Waals surface area (Å²) in [5.74, 6) is -0.239. The summed E-state index contributed by atoms with van der Waals surface area (Å²) in [5.41, 5.74) is 1.82. The molecular formula is C17H11FINO2. The molecule has 0 amide bonds. The first-order valence-corrected chi connectivity index (χ1v) is 7.70. The molecule has 0 aliphatic rings. The highest BCUT2D eigenvalue weighted by Gasteiger charge is 2.08. The molecule has 0 bridgehead atoms. The van der Waals surface area contributed by atoms with Crippen LogP contribution in [0.15, 0.2) is 53.5 Å². The average molecular weight is 407 g/mol. The number of carbonyl (C=O) groups excluding carboxylic acids is 1. The van der Waals surface area contributed by atoms with E-state index in [2.05, 4.69) is 0 Å². The molecular weight excluding hydrogens is 396 g/mol. The van der Waals surface area contributed by atoms with Gasteiger partial charge in [-0.1, -0.05) is 18.2 Å². The fourth-order valence-corrected chi connectivity index (χ4v) is 2.91. The van der Waals surface area contributed by atoms with Gasteiger partial charge in [0.1, 0.15) is 5.82 Å². The van der Waals surface area contributed by atoms with Gasteiger partial charge in [-0.25, -0.2) is 4.39 Å². The molecule has 0 fully saturated rings. The second-order valence-electron chi connectivity index (χ2n) is 4.93. The van der Waals surface area contributed by atoms with Crippen LogP contribution in [-0.4, -0.2) is 10.7 Å². The first kappa shape index (κ1) is 14.9. The van der Waals surface area contributed by atoms with Crippen molar-refractivity contribution in [2.75, 3.05) is 0 Å². The van der Waals surface area contributed by atoms with Gasteiger partial charge < -0.3 is 0 Å². The van der Waals surface area contributed by atoms with Crippen LogP contribution in [0.3, 0.4) is 0 Å². The predicted octanol–water partition coefficient (Wildman–Crippen LogP) is 3.45. The minimum atomic E-state index is -0.363. The number of benzene rings is 1. The number of nitrogens with zero attached hydrogens (tertiary/aromatic N) is 1. The molecule has 2 heterocycles. The molecule has 3 nitrogen and oxygen atoms in total. The largest absolute Gasteiger partial charge is 0.298 e. The van der Waals surface area contributed by atoms with Crippen molar-refractivity contribution in [2.45, 2.75) is 6.42 Å². The molecule has 110 valence electrons. The Hall–Kier alpha value is -2.02. The predicted molar refractivity (Wildman–Crippen MR) is 91.0 cm³/mol. The monoisotopic (exact) mass is 407 g/mol. The summed E-state index contributed by atoms with van der Waals surface area (Å²) in [5, 5.41) is 0. The van der Waals surface area contributed by atoms with Crippen LogP contribution in [-0.2, 0) is 6.42 Å². The number of rotatable bonds is 3. The summed E-state index contributed by atoms with van der Waals surface area (Å²) < 4.78 is 16.1. The van der Waals surface area contributed by atoms with Crippen molar-refractivity contribution in [3.63, 3.8) is 0 Å². The maximum absolute atomic E-state index is 14.1. The third-order valence-corrected chi connectivity index (χ3v) is 4.33. The van der Waals surface area contributed by atoms with Crippen molar-refractivity contribution in [3.8, 4) is 0 Å². The molecule has 5 heteroatoms. The molecule has 0 saturated carbocycles. The smallest absolute Gasteiger partial charge is 0.265 e. The lowest BCUT2D eigenvalue weighted by molar-refractivity contribution is 0.112. The molecule has 1 aromatic carbocycles. The van der Waals surface area contributed by atoms with E-state index in [4.69, 9.17) is 0 Å². The van der Waals surface area contributed by atoms with E-state index in [1.807, 2.05) is 28.7 Å². The Kier molecular flexibility index (Phi) is 4.06. The fraction of sp³-hybridized carbons (Fsp3) is 0.0588. The summed E-state index contributed by atoms with van der Waals surface area (Å²) in [6, 6.07) is 12.1. The summed E-state index contributed by atoms with van der Waals surface area (Å²) >= 11 is 1.95. The van der Waals surface area contributed by atoms with E-state index in [9.17, 15) is 14.0 Å². The van der Waals surface area contributed by atoms with Crippen LogP contribution in [0.4, 0.5) is 4.39 Å². The van der Waals surface area contributed by atoms with E-state index >= 15 is 0 Å². The molecule has 3 rings (SSSR count). The number of aromatic nitrogens is 1. The molecule has 0 radical (unpaired) electrons. The Morgan fingerprint density at radius 2 is 1.91 bits per heavy atom. The molecule has 22 heavy (non-hydrogen) atoms. The maximum atomic E-state index is 14.1. The Balaban J connectivity index is 2.08. The van der Waals surface area contributed by atoms with E-state index < -0.39 is 0 Å². The van der Waals surface area contributed by atoms with Crippen molar-refractivity contribution >= 4 is 34.4 Å². The number of hydrogen-bond donors (Lipinski definition) is 0. The minimum absolute atomic E-state index is 0.107. The maximum Gasteiger partial charge on any atom is 0.265 e. The molecule has 3 aromatic rings. The summed E-state index contributed by atoms with van der Waals surface area (Å²) in [4.78, 5) is 23.0. The summed E-state index contributed by atoms with van der Waals surface area (Å²) in [6.07, 6.45) is 2.58. The van der Waals surface area contributed by atoms with Gasteiger partial charge in [0.05, 0.1) is 5.56 Å². The lowest BCUT2D eigenvalue weighted by Crippen LogP contribution is -2.17. The standard InChI is InChI=1S/C17H11FINO2/c18-16-12(2-1-3-15(16)19)8-11-4-6-14-7-5-13(10-21)17(22)20(14)9-11/h1-7,9-10H,8H2. The lowest BCUT2D eigenvalue weighted by Gasteiger charge is -2.08. The Morgan fingerprint density at radius 1 is 1.14 bits per heavy atom. The Morgan fingerprint density at radius 3 is 2.68 bits per heavy atom. The number of pyridine rings is 2. The zero-order chi connectivity index (χ0) is 15.7. The van der Waals surface area contributed by atoms with E-state index in [1.54, 1.807) is 36.5 Å². The minimum Gasteiger partial charge on any atom is -0.298 e. The first-order chi connectivity index (χ1) is 10.6. The van der Waals surface area contributed by atoms with Crippen LogP contribution < -0.4 is 5.56 Å². The zero-order valence-electron chi connectivity index (χ0n) is 11.4. The topological polar surface area (TPSA) is 38.5 Å². The van der Waals surface area contributed by atoms with Crippen LogP contribution in [0.5, 0.6) is 0 Å². The second kappa shape index (κ2) is 6.00.